The van der Waals surface area contributed by atoms with Gasteiger partial charge in [0.25, 0.3) is 0 Å². The van der Waals surface area contributed by atoms with Crippen LogP contribution in [0.15, 0.2) is 27.6 Å². The van der Waals surface area contributed by atoms with Crippen molar-refractivity contribution in [2.45, 2.75) is 31.1 Å². The number of thioether (sulfide) groups is 1. The van der Waals surface area contributed by atoms with Crippen molar-refractivity contribution >= 4 is 33.4 Å². The Labute approximate surface area is 98.6 Å². The van der Waals surface area contributed by atoms with Gasteiger partial charge < -0.3 is 5.73 Å². The maximum atomic E-state index is 5.86. The van der Waals surface area contributed by atoms with Gasteiger partial charge in [-0.1, -0.05) is 35.7 Å². The molecule has 14 heavy (non-hydrogen) atoms. The number of anilines is 1. The molecule has 3 heteroatoms. The van der Waals surface area contributed by atoms with Crippen LogP contribution in [0.1, 0.15) is 26.2 Å². The molecule has 0 atom stereocenters. The molecule has 0 spiro atoms. The lowest BCUT2D eigenvalue weighted by molar-refractivity contribution is 0.778. The molecule has 0 aliphatic heterocycles. The van der Waals surface area contributed by atoms with Gasteiger partial charge in [-0.3, -0.25) is 0 Å². The van der Waals surface area contributed by atoms with Crippen molar-refractivity contribution in [1.29, 1.82) is 0 Å². The van der Waals surface area contributed by atoms with Crippen LogP contribution in [0.5, 0.6) is 0 Å². The first-order valence-electron chi connectivity index (χ1n) is 4.92. The molecule has 0 fully saturated rings. The topological polar surface area (TPSA) is 26.0 Å². The standard InChI is InChI=1S/C11H16BrNS/c1-2-3-4-7-14-11-8-9(12)5-6-10(11)13/h5-6,8H,2-4,7,13H2,1H3. The van der Waals surface area contributed by atoms with Crippen LogP contribution < -0.4 is 5.73 Å². The second-order valence-electron chi connectivity index (χ2n) is 3.24. The first kappa shape index (κ1) is 11.9. The number of halogens is 1. The lowest BCUT2D eigenvalue weighted by Gasteiger charge is -2.05. The van der Waals surface area contributed by atoms with E-state index in [4.69, 9.17) is 5.73 Å². The minimum Gasteiger partial charge on any atom is -0.398 e. The Morgan fingerprint density at radius 3 is 2.86 bits per heavy atom. The number of rotatable bonds is 5. The van der Waals surface area contributed by atoms with Gasteiger partial charge in [-0.15, -0.1) is 11.8 Å². The summed E-state index contributed by atoms with van der Waals surface area (Å²) in [5.74, 6) is 1.16. The first-order chi connectivity index (χ1) is 6.74. The summed E-state index contributed by atoms with van der Waals surface area (Å²) < 4.78 is 1.10. The van der Waals surface area contributed by atoms with E-state index in [9.17, 15) is 0 Å². The van der Waals surface area contributed by atoms with Crippen LogP contribution in [0.25, 0.3) is 0 Å². The summed E-state index contributed by atoms with van der Waals surface area (Å²) in [6, 6.07) is 6.02. The molecule has 78 valence electrons. The minimum absolute atomic E-state index is 0.884. The van der Waals surface area contributed by atoms with Crippen LogP contribution in [0.4, 0.5) is 5.69 Å². The molecule has 0 saturated carbocycles. The fraction of sp³-hybridized carbons (Fsp3) is 0.455. The number of hydrogen-bond donors (Lipinski definition) is 1. The van der Waals surface area contributed by atoms with Crippen LogP contribution in [0.2, 0.25) is 0 Å². The second kappa shape index (κ2) is 6.36. The summed E-state index contributed by atoms with van der Waals surface area (Å²) in [7, 11) is 0. The highest BCUT2D eigenvalue weighted by Crippen LogP contribution is 2.28. The fourth-order valence-electron chi connectivity index (χ4n) is 1.17. The highest BCUT2D eigenvalue weighted by molar-refractivity contribution is 9.10. The average molecular weight is 274 g/mol. The van der Waals surface area contributed by atoms with Gasteiger partial charge in [-0.05, 0) is 30.4 Å². The van der Waals surface area contributed by atoms with E-state index >= 15 is 0 Å². The van der Waals surface area contributed by atoms with Crippen molar-refractivity contribution in [3.05, 3.63) is 22.7 Å². The van der Waals surface area contributed by atoms with Gasteiger partial charge >= 0.3 is 0 Å². The Hall–Kier alpha value is -0.150. The van der Waals surface area contributed by atoms with E-state index in [2.05, 4.69) is 28.9 Å². The number of benzene rings is 1. The largest absolute Gasteiger partial charge is 0.398 e. The van der Waals surface area contributed by atoms with Gasteiger partial charge in [0.2, 0.25) is 0 Å². The smallest absolute Gasteiger partial charge is 0.0453 e. The molecule has 0 saturated heterocycles. The van der Waals surface area contributed by atoms with Gasteiger partial charge in [0, 0.05) is 15.1 Å². The normalized spacial score (nSPS) is 10.4. The Balaban J connectivity index is 2.45. The molecule has 1 aromatic carbocycles. The molecule has 0 aliphatic rings. The fourth-order valence-corrected chi connectivity index (χ4v) is 2.69. The third kappa shape index (κ3) is 3.93. The van der Waals surface area contributed by atoms with E-state index in [0.717, 1.165) is 15.9 Å². The van der Waals surface area contributed by atoms with Gasteiger partial charge in [0.1, 0.15) is 0 Å². The summed E-state index contributed by atoms with van der Waals surface area (Å²) in [5, 5.41) is 0. The Kier molecular flexibility index (Phi) is 5.41. The third-order valence-electron chi connectivity index (χ3n) is 1.98. The summed E-state index contributed by atoms with van der Waals surface area (Å²) in [6.07, 6.45) is 3.85. The molecular formula is C11H16BrNS. The quantitative estimate of drug-likeness (QED) is 0.492. The van der Waals surface area contributed by atoms with Crippen molar-refractivity contribution in [3.8, 4) is 0 Å². The monoisotopic (exact) mass is 273 g/mol. The predicted octanol–water partition coefficient (Wildman–Crippen LogP) is 4.31. The Bertz CT molecular complexity index is 289. The van der Waals surface area contributed by atoms with E-state index in [-0.39, 0.29) is 0 Å². The summed E-state index contributed by atoms with van der Waals surface area (Å²) >= 11 is 5.30. The van der Waals surface area contributed by atoms with Crippen molar-refractivity contribution < 1.29 is 0 Å². The molecule has 0 bridgehead atoms. The van der Waals surface area contributed by atoms with Crippen molar-refractivity contribution in [2.24, 2.45) is 0 Å². The van der Waals surface area contributed by atoms with Gasteiger partial charge in [0.05, 0.1) is 0 Å². The highest BCUT2D eigenvalue weighted by Gasteiger charge is 2.00. The van der Waals surface area contributed by atoms with E-state index in [1.54, 1.807) is 0 Å². The molecule has 0 amide bonds. The number of hydrogen-bond acceptors (Lipinski definition) is 2. The molecule has 0 aromatic heterocycles. The lowest BCUT2D eigenvalue weighted by Crippen LogP contribution is -1.89. The Morgan fingerprint density at radius 2 is 2.14 bits per heavy atom. The highest BCUT2D eigenvalue weighted by atomic mass is 79.9. The molecule has 1 rings (SSSR count). The van der Waals surface area contributed by atoms with Crippen molar-refractivity contribution in [3.63, 3.8) is 0 Å². The van der Waals surface area contributed by atoms with E-state index in [1.807, 2.05) is 23.9 Å². The van der Waals surface area contributed by atoms with Crippen LogP contribution in [0.3, 0.4) is 0 Å². The van der Waals surface area contributed by atoms with E-state index < -0.39 is 0 Å². The molecule has 2 N–H and O–H groups in total. The third-order valence-corrected chi connectivity index (χ3v) is 3.63. The molecule has 0 heterocycles. The predicted molar refractivity (Wildman–Crippen MR) is 68.8 cm³/mol. The molecule has 1 nitrogen and oxygen atoms in total. The summed E-state index contributed by atoms with van der Waals surface area (Å²) in [6.45, 7) is 2.22. The zero-order valence-corrected chi connectivity index (χ0v) is 10.8. The number of unbranched alkanes of at least 4 members (excludes halogenated alkanes) is 2. The van der Waals surface area contributed by atoms with Crippen molar-refractivity contribution in [1.82, 2.24) is 0 Å². The van der Waals surface area contributed by atoms with Crippen LogP contribution in [-0.2, 0) is 0 Å². The minimum atomic E-state index is 0.884. The SMILES string of the molecule is CCCCCSc1cc(Br)ccc1N. The van der Waals surface area contributed by atoms with Crippen LogP contribution >= 0.6 is 27.7 Å². The van der Waals surface area contributed by atoms with E-state index in [0.29, 0.717) is 0 Å². The Morgan fingerprint density at radius 1 is 1.36 bits per heavy atom. The van der Waals surface area contributed by atoms with Crippen molar-refractivity contribution in [2.75, 3.05) is 11.5 Å². The lowest BCUT2D eigenvalue weighted by atomic mass is 10.3. The average Bonchev–Trinajstić information content (AvgIpc) is 2.18. The zero-order chi connectivity index (χ0) is 10.4. The number of nitrogen functional groups attached to an aromatic ring is 1. The summed E-state index contributed by atoms with van der Waals surface area (Å²) in [4.78, 5) is 1.19. The molecule has 0 radical (unpaired) electrons. The maximum Gasteiger partial charge on any atom is 0.0453 e. The first-order valence-corrected chi connectivity index (χ1v) is 6.69. The molecule has 0 unspecified atom stereocenters. The van der Waals surface area contributed by atoms with Crippen LogP contribution in [0, 0.1) is 0 Å². The molecule has 1 aromatic rings. The van der Waals surface area contributed by atoms with Gasteiger partial charge in [0.15, 0.2) is 0 Å². The molecule has 0 aliphatic carbocycles. The van der Waals surface area contributed by atoms with Crippen LogP contribution in [-0.4, -0.2) is 5.75 Å². The summed E-state index contributed by atoms with van der Waals surface area (Å²) in [5.41, 5.74) is 6.75. The van der Waals surface area contributed by atoms with Gasteiger partial charge in [-0.25, -0.2) is 0 Å². The maximum absolute atomic E-state index is 5.86. The second-order valence-corrected chi connectivity index (χ2v) is 5.29. The van der Waals surface area contributed by atoms with E-state index in [1.165, 1.54) is 24.2 Å². The zero-order valence-electron chi connectivity index (χ0n) is 8.42. The number of nitrogens with two attached hydrogens (primary N) is 1. The molecular weight excluding hydrogens is 258 g/mol. The van der Waals surface area contributed by atoms with Gasteiger partial charge in [-0.2, -0.15) is 0 Å².